The third-order valence-corrected chi connectivity index (χ3v) is 2.28. The summed E-state index contributed by atoms with van der Waals surface area (Å²) in [6.07, 6.45) is 0.505. The summed E-state index contributed by atoms with van der Waals surface area (Å²) in [6, 6.07) is 7.53. The lowest BCUT2D eigenvalue weighted by atomic mass is 10.1. The molecule has 2 nitrogen and oxygen atoms in total. The maximum Gasteiger partial charge on any atom is 0.220 e. The van der Waals surface area contributed by atoms with E-state index >= 15 is 0 Å². The fourth-order valence-electron chi connectivity index (χ4n) is 1.20. The van der Waals surface area contributed by atoms with Gasteiger partial charge in [-0.2, -0.15) is 0 Å². The molecule has 0 spiro atoms. The minimum absolute atomic E-state index is 0.0150. The van der Waals surface area contributed by atoms with Gasteiger partial charge in [-0.15, -0.1) is 0 Å². The predicted octanol–water partition coefficient (Wildman–Crippen LogP) is 2.93. The number of benzene rings is 1. The Morgan fingerprint density at radius 2 is 2.29 bits per heavy atom. The van der Waals surface area contributed by atoms with Crippen LogP contribution in [0.15, 0.2) is 24.3 Å². The van der Waals surface area contributed by atoms with Gasteiger partial charge in [-0.3, -0.25) is 4.79 Å². The summed E-state index contributed by atoms with van der Waals surface area (Å²) in [7, 11) is 0. The van der Waals surface area contributed by atoms with Gasteiger partial charge in [-0.1, -0.05) is 30.7 Å². The Bertz CT molecular complexity index is 325. The molecule has 76 valence electrons. The Hall–Kier alpha value is -1.02. The molecule has 0 saturated heterocycles. The number of hydrogen-bond donors (Lipinski definition) is 1. The molecule has 0 heterocycles. The van der Waals surface area contributed by atoms with E-state index in [0.717, 1.165) is 5.56 Å². The summed E-state index contributed by atoms with van der Waals surface area (Å²) in [4.78, 5) is 11.1. The van der Waals surface area contributed by atoms with Gasteiger partial charge in [0.1, 0.15) is 0 Å². The smallest absolute Gasteiger partial charge is 0.220 e. The van der Waals surface area contributed by atoms with Gasteiger partial charge in [-0.05, 0) is 24.6 Å². The third kappa shape index (κ3) is 3.04. The van der Waals surface area contributed by atoms with Crippen molar-refractivity contribution in [3.8, 4) is 0 Å². The monoisotopic (exact) mass is 211 g/mol. The summed E-state index contributed by atoms with van der Waals surface area (Å²) < 4.78 is 0. The lowest BCUT2D eigenvalue weighted by Crippen LogP contribution is -2.25. The van der Waals surface area contributed by atoms with Crippen LogP contribution in [0.3, 0.4) is 0 Å². The van der Waals surface area contributed by atoms with Gasteiger partial charge in [0.15, 0.2) is 0 Å². The Morgan fingerprint density at radius 1 is 1.57 bits per heavy atom. The molecule has 1 aromatic rings. The molecule has 1 aromatic carbocycles. The second-order valence-corrected chi connectivity index (χ2v) is 3.63. The molecule has 0 saturated carbocycles. The molecule has 1 N–H and O–H groups in total. The molecule has 0 aliphatic carbocycles. The van der Waals surface area contributed by atoms with Gasteiger partial charge >= 0.3 is 0 Å². The first kappa shape index (κ1) is 11.1. The van der Waals surface area contributed by atoms with Crippen molar-refractivity contribution in [1.82, 2.24) is 5.32 Å². The number of nitrogens with one attached hydrogen (secondary N) is 1. The number of rotatable bonds is 3. The minimum atomic E-state index is 0.0150. The molecule has 0 fully saturated rings. The predicted molar refractivity (Wildman–Crippen MR) is 58.3 cm³/mol. The van der Waals surface area contributed by atoms with Crippen LogP contribution in [-0.4, -0.2) is 5.91 Å². The summed E-state index contributed by atoms with van der Waals surface area (Å²) in [5, 5.41) is 3.57. The van der Waals surface area contributed by atoms with Crippen LogP contribution in [0.1, 0.15) is 31.9 Å². The molecule has 1 atom stereocenters. The molecule has 1 rings (SSSR count). The summed E-state index contributed by atoms with van der Waals surface area (Å²) >= 11 is 5.85. The number of amides is 1. The van der Waals surface area contributed by atoms with Crippen LogP contribution in [-0.2, 0) is 4.79 Å². The molecule has 0 radical (unpaired) electrons. The zero-order valence-corrected chi connectivity index (χ0v) is 9.14. The Labute approximate surface area is 89.3 Å². The van der Waals surface area contributed by atoms with Gasteiger partial charge in [0, 0.05) is 11.4 Å². The summed E-state index contributed by atoms with van der Waals surface area (Å²) in [5.41, 5.74) is 1.03. The van der Waals surface area contributed by atoms with Crippen LogP contribution in [0.25, 0.3) is 0 Å². The standard InChI is InChI=1S/C11H14ClNO/c1-3-11(14)13-8(2)9-5-4-6-10(12)7-9/h4-8H,3H2,1-2H3,(H,13,14). The van der Waals surface area contributed by atoms with Crippen molar-refractivity contribution >= 4 is 17.5 Å². The second kappa shape index (κ2) is 5.01. The van der Waals surface area contributed by atoms with E-state index < -0.39 is 0 Å². The van der Waals surface area contributed by atoms with E-state index in [0.29, 0.717) is 11.4 Å². The van der Waals surface area contributed by atoms with Gasteiger partial charge in [0.2, 0.25) is 5.91 Å². The first-order chi connectivity index (χ1) is 6.63. The maximum absolute atomic E-state index is 11.1. The highest BCUT2D eigenvalue weighted by Crippen LogP contribution is 2.17. The highest BCUT2D eigenvalue weighted by atomic mass is 35.5. The average Bonchev–Trinajstić information content (AvgIpc) is 2.17. The molecule has 0 aromatic heterocycles. The molecule has 1 amide bonds. The maximum atomic E-state index is 11.1. The molecular formula is C11H14ClNO. The van der Waals surface area contributed by atoms with Crippen LogP contribution >= 0.6 is 11.6 Å². The van der Waals surface area contributed by atoms with Crippen molar-refractivity contribution in [2.45, 2.75) is 26.3 Å². The highest BCUT2D eigenvalue weighted by Gasteiger charge is 2.07. The van der Waals surface area contributed by atoms with Crippen molar-refractivity contribution in [3.05, 3.63) is 34.9 Å². The van der Waals surface area contributed by atoms with E-state index in [1.54, 1.807) is 0 Å². The molecule has 3 heteroatoms. The van der Waals surface area contributed by atoms with E-state index in [4.69, 9.17) is 11.6 Å². The van der Waals surface area contributed by atoms with Crippen molar-refractivity contribution in [2.75, 3.05) is 0 Å². The Balaban J connectivity index is 2.69. The number of halogens is 1. The Morgan fingerprint density at radius 3 is 2.86 bits per heavy atom. The number of carbonyl (C=O) groups is 1. The molecule has 0 aliphatic heterocycles. The van der Waals surface area contributed by atoms with Crippen molar-refractivity contribution in [3.63, 3.8) is 0 Å². The van der Waals surface area contributed by atoms with Crippen molar-refractivity contribution < 1.29 is 4.79 Å². The highest BCUT2D eigenvalue weighted by molar-refractivity contribution is 6.30. The molecule has 0 bridgehead atoms. The van der Waals surface area contributed by atoms with E-state index in [1.807, 2.05) is 38.1 Å². The van der Waals surface area contributed by atoms with Crippen molar-refractivity contribution in [2.24, 2.45) is 0 Å². The van der Waals surface area contributed by atoms with E-state index in [1.165, 1.54) is 0 Å². The van der Waals surface area contributed by atoms with E-state index in [-0.39, 0.29) is 11.9 Å². The first-order valence-corrected chi connectivity index (χ1v) is 5.06. The quantitative estimate of drug-likeness (QED) is 0.819. The van der Waals surface area contributed by atoms with Gasteiger partial charge in [0.05, 0.1) is 6.04 Å². The van der Waals surface area contributed by atoms with Gasteiger partial charge in [0.25, 0.3) is 0 Å². The fraction of sp³-hybridized carbons (Fsp3) is 0.364. The number of carbonyl (C=O) groups excluding carboxylic acids is 1. The molecular weight excluding hydrogens is 198 g/mol. The minimum Gasteiger partial charge on any atom is -0.350 e. The normalized spacial score (nSPS) is 12.2. The largest absolute Gasteiger partial charge is 0.350 e. The van der Waals surface area contributed by atoms with E-state index in [2.05, 4.69) is 5.32 Å². The zero-order valence-electron chi connectivity index (χ0n) is 8.38. The molecule has 14 heavy (non-hydrogen) atoms. The lowest BCUT2D eigenvalue weighted by molar-refractivity contribution is -0.121. The van der Waals surface area contributed by atoms with Gasteiger partial charge in [-0.25, -0.2) is 0 Å². The summed E-state index contributed by atoms with van der Waals surface area (Å²) in [6.45, 7) is 3.78. The van der Waals surface area contributed by atoms with Crippen molar-refractivity contribution in [1.29, 1.82) is 0 Å². The van der Waals surface area contributed by atoms with Gasteiger partial charge < -0.3 is 5.32 Å². The SMILES string of the molecule is CCC(=O)NC(C)c1cccc(Cl)c1. The van der Waals surface area contributed by atoms with Crippen LogP contribution in [0, 0.1) is 0 Å². The molecule has 1 unspecified atom stereocenters. The third-order valence-electron chi connectivity index (χ3n) is 2.05. The van der Waals surface area contributed by atoms with Crippen LogP contribution in [0.4, 0.5) is 0 Å². The fourth-order valence-corrected chi connectivity index (χ4v) is 1.40. The molecule has 0 aliphatic rings. The average molecular weight is 212 g/mol. The topological polar surface area (TPSA) is 29.1 Å². The van der Waals surface area contributed by atoms with E-state index in [9.17, 15) is 4.79 Å². The number of hydrogen-bond acceptors (Lipinski definition) is 1. The Kier molecular flexibility index (Phi) is 3.96. The second-order valence-electron chi connectivity index (χ2n) is 3.20. The van der Waals surface area contributed by atoms with Crippen LogP contribution in [0.5, 0.6) is 0 Å². The van der Waals surface area contributed by atoms with Crippen LogP contribution in [0.2, 0.25) is 5.02 Å². The zero-order chi connectivity index (χ0) is 10.6. The van der Waals surface area contributed by atoms with Crippen LogP contribution < -0.4 is 5.32 Å². The first-order valence-electron chi connectivity index (χ1n) is 4.68. The summed E-state index contributed by atoms with van der Waals surface area (Å²) in [5.74, 6) is 0.0532. The lowest BCUT2D eigenvalue weighted by Gasteiger charge is -2.13.